The lowest BCUT2D eigenvalue weighted by atomic mass is 9.66. The number of hydrogen-bond acceptors (Lipinski definition) is 4. The van der Waals surface area contributed by atoms with E-state index in [1.54, 1.807) is 6.92 Å². The molecule has 0 spiro atoms. The lowest BCUT2D eigenvalue weighted by Gasteiger charge is -2.34. The summed E-state index contributed by atoms with van der Waals surface area (Å²) in [5.74, 6) is -1.88. The molecule has 3 atom stereocenters. The predicted molar refractivity (Wildman–Crippen MR) is 44.9 cm³/mol. The second-order valence-corrected chi connectivity index (χ2v) is 4.74. The average molecular weight is 197 g/mol. The molecule has 0 bridgehead atoms. The molecule has 0 N–H and O–H groups in total. The van der Waals surface area contributed by atoms with Crippen molar-refractivity contribution in [3.8, 4) is 0 Å². The van der Waals surface area contributed by atoms with E-state index in [0.717, 1.165) is 0 Å². The van der Waals surface area contributed by atoms with Crippen molar-refractivity contribution in [2.24, 2.45) is 16.7 Å². The number of carboxylic acid groups (broad SMARTS) is 1. The standard InChI is InChI=1S/C10H14O4/c1-9-4-3-6(7(11)12)10(9,2)5-14-8(9)13/h6H,3-5H2,1-2H3,(H,11,12)/p-1/t6-,9-,10+/m1/s1. The van der Waals surface area contributed by atoms with Crippen molar-refractivity contribution in [2.75, 3.05) is 6.61 Å². The Morgan fingerprint density at radius 3 is 2.79 bits per heavy atom. The smallest absolute Gasteiger partial charge is 0.312 e. The number of hydrogen-bond donors (Lipinski definition) is 0. The summed E-state index contributed by atoms with van der Waals surface area (Å²) in [6, 6.07) is 0. The van der Waals surface area contributed by atoms with Crippen LogP contribution in [-0.2, 0) is 14.3 Å². The molecule has 4 heteroatoms. The Balaban J connectivity index is 2.42. The molecule has 1 saturated heterocycles. The fraction of sp³-hybridized carbons (Fsp3) is 0.800. The van der Waals surface area contributed by atoms with E-state index in [-0.39, 0.29) is 12.6 Å². The van der Waals surface area contributed by atoms with Crippen LogP contribution in [0.3, 0.4) is 0 Å². The Kier molecular flexibility index (Phi) is 1.69. The highest BCUT2D eigenvalue weighted by Crippen LogP contribution is 2.59. The molecule has 14 heavy (non-hydrogen) atoms. The van der Waals surface area contributed by atoms with E-state index >= 15 is 0 Å². The first-order valence-corrected chi connectivity index (χ1v) is 4.80. The Morgan fingerprint density at radius 1 is 1.57 bits per heavy atom. The van der Waals surface area contributed by atoms with E-state index < -0.39 is 22.7 Å². The number of carbonyl (C=O) groups excluding carboxylic acids is 2. The molecule has 1 aliphatic heterocycles. The van der Waals surface area contributed by atoms with Gasteiger partial charge in [0, 0.05) is 17.3 Å². The van der Waals surface area contributed by atoms with Gasteiger partial charge in [0.15, 0.2) is 0 Å². The normalized spacial score (nSPS) is 46.1. The quantitative estimate of drug-likeness (QED) is 0.542. The molecule has 0 unspecified atom stereocenters. The number of esters is 1. The fourth-order valence-electron chi connectivity index (χ4n) is 2.77. The average Bonchev–Trinajstić information content (AvgIpc) is 2.47. The summed E-state index contributed by atoms with van der Waals surface area (Å²) in [4.78, 5) is 22.4. The van der Waals surface area contributed by atoms with Gasteiger partial charge < -0.3 is 14.6 Å². The summed E-state index contributed by atoms with van der Waals surface area (Å²) in [5.41, 5.74) is -1.21. The van der Waals surface area contributed by atoms with Crippen LogP contribution in [0.1, 0.15) is 26.7 Å². The molecule has 1 aliphatic carbocycles. The Labute approximate surface area is 82.2 Å². The summed E-state index contributed by atoms with van der Waals surface area (Å²) in [6.45, 7) is 3.82. The number of carboxylic acids is 1. The highest BCUT2D eigenvalue weighted by Gasteiger charge is 2.64. The van der Waals surface area contributed by atoms with Crippen molar-refractivity contribution in [2.45, 2.75) is 26.7 Å². The van der Waals surface area contributed by atoms with Crippen LogP contribution in [0.25, 0.3) is 0 Å². The molecule has 1 heterocycles. The van der Waals surface area contributed by atoms with E-state index in [1.807, 2.05) is 6.92 Å². The number of fused-ring (bicyclic) bond motifs is 1. The van der Waals surface area contributed by atoms with E-state index in [0.29, 0.717) is 12.8 Å². The Bertz CT molecular complexity index is 311. The van der Waals surface area contributed by atoms with E-state index in [9.17, 15) is 14.7 Å². The third kappa shape index (κ3) is 0.837. The SMILES string of the molecule is C[C@@]12COC(=O)[C@@]1(C)CC[C@@H]2C(=O)[O-]. The molecule has 0 aromatic heterocycles. The zero-order chi connectivity index (χ0) is 10.6. The van der Waals surface area contributed by atoms with Crippen molar-refractivity contribution < 1.29 is 19.4 Å². The lowest BCUT2D eigenvalue weighted by Crippen LogP contribution is -2.44. The first-order chi connectivity index (χ1) is 6.42. The summed E-state index contributed by atoms with van der Waals surface area (Å²) < 4.78 is 4.98. The van der Waals surface area contributed by atoms with Crippen LogP contribution in [-0.4, -0.2) is 18.5 Å². The molecule has 2 rings (SSSR count). The molecule has 1 saturated carbocycles. The highest BCUT2D eigenvalue weighted by atomic mass is 16.5. The van der Waals surface area contributed by atoms with Crippen LogP contribution in [0.15, 0.2) is 0 Å². The van der Waals surface area contributed by atoms with Gasteiger partial charge in [0.1, 0.15) is 0 Å². The molecule has 0 amide bonds. The summed E-state index contributed by atoms with van der Waals surface area (Å²) >= 11 is 0. The third-order valence-corrected chi connectivity index (χ3v) is 4.20. The minimum absolute atomic E-state index is 0.209. The second-order valence-electron chi connectivity index (χ2n) is 4.74. The maximum Gasteiger partial charge on any atom is 0.312 e. The Hall–Kier alpha value is -1.06. The molecule has 78 valence electrons. The lowest BCUT2D eigenvalue weighted by molar-refractivity contribution is -0.315. The molecule has 0 aromatic rings. The van der Waals surface area contributed by atoms with Crippen LogP contribution in [0.2, 0.25) is 0 Å². The van der Waals surface area contributed by atoms with Crippen molar-refractivity contribution in [3.05, 3.63) is 0 Å². The van der Waals surface area contributed by atoms with Gasteiger partial charge in [-0.15, -0.1) is 0 Å². The first-order valence-electron chi connectivity index (χ1n) is 4.80. The number of carbonyl (C=O) groups is 2. The molecule has 4 nitrogen and oxygen atoms in total. The van der Waals surface area contributed by atoms with Gasteiger partial charge in [-0.2, -0.15) is 0 Å². The zero-order valence-corrected chi connectivity index (χ0v) is 8.33. The summed E-state index contributed by atoms with van der Waals surface area (Å²) in [7, 11) is 0. The van der Waals surface area contributed by atoms with Crippen molar-refractivity contribution >= 4 is 11.9 Å². The van der Waals surface area contributed by atoms with Gasteiger partial charge in [0.25, 0.3) is 0 Å². The molecule has 2 fully saturated rings. The van der Waals surface area contributed by atoms with Crippen LogP contribution >= 0.6 is 0 Å². The fourth-order valence-corrected chi connectivity index (χ4v) is 2.77. The van der Waals surface area contributed by atoms with Gasteiger partial charge in [-0.3, -0.25) is 4.79 Å². The third-order valence-electron chi connectivity index (χ3n) is 4.20. The summed E-state index contributed by atoms with van der Waals surface area (Å²) in [6.07, 6.45) is 1.10. The first kappa shape index (κ1) is 9.49. The molecule has 0 radical (unpaired) electrons. The number of rotatable bonds is 1. The predicted octanol–water partition coefficient (Wildman–Crippen LogP) is -0.284. The maximum absolute atomic E-state index is 11.5. The van der Waals surface area contributed by atoms with Gasteiger partial charge >= 0.3 is 5.97 Å². The number of ether oxygens (including phenoxy) is 1. The molecule has 0 aromatic carbocycles. The van der Waals surface area contributed by atoms with Crippen LogP contribution in [0.5, 0.6) is 0 Å². The van der Waals surface area contributed by atoms with E-state index in [4.69, 9.17) is 4.74 Å². The molecular formula is C10H13O4-. The second kappa shape index (κ2) is 2.49. The number of aliphatic carboxylic acids is 1. The van der Waals surface area contributed by atoms with Crippen molar-refractivity contribution in [1.82, 2.24) is 0 Å². The van der Waals surface area contributed by atoms with Crippen LogP contribution < -0.4 is 5.11 Å². The van der Waals surface area contributed by atoms with Crippen molar-refractivity contribution in [1.29, 1.82) is 0 Å². The van der Waals surface area contributed by atoms with Gasteiger partial charge in [-0.25, -0.2) is 0 Å². The topological polar surface area (TPSA) is 66.4 Å². The maximum atomic E-state index is 11.5. The zero-order valence-electron chi connectivity index (χ0n) is 8.33. The largest absolute Gasteiger partial charge is 0.550 e. The van der Waals surface area contributed by atoms with Crippen LogP contribution in [0.4, 0.5) is 0 Å². The molecular weight excluding hydrogens is 184 g/mol. The molecule has 2 aliphatic rings. The van der Waals surface area contributed by atoms with Gasteiger partial charge in [0.2, 0.25) is 0 Å². The van der Waals surface area contributed by atoms with Gasteiger partial charge in [0.05, 0.1) is 12.0 Å². The number of cyclic esters (lactones) is 1. The van der Waals surface area contributed by atoms with E-state index in [2.05, 4.69) is 0 Å². The minimum Gasteiger partial charge on any atom is -0.550 e. The van der Waals surface area contributed by atoms with Gasteiger partial charge in [-0.1, -0.05) is 6.92 Å². The Morgan fingerprint density at radius 2 is 2.21 bits per heavy atom. The highest BCUT2D eigenvalue weighted by molar-refractivity contribution is 5.83. The summed E-state index contributed by atoms with van der Waals surface area (Å²) in [5, 5.41) is 10.9. The minimum atomic E-state index is -1.06. The monoisotopic (exact) mass is 197 g/mol. The van der Waals surface area contributed by atoms with Gasteiger partial charge in [-0.05, 0) is 19.8 Å². The van der Waals surface area contributed by atoms with Crippen LogP contribution in [0, 0.1) is 16.7 Å². The van der Waals surface area contributed by atoms with Crippen molar-refractivity contribution in [3.63, 3.8) is 0 Å². The van der Waals surface area contributed by atoms with E-state index in [1.165, 1.54) is 0 Å².